The summed E-state index contributed by atoms with van der Waals surface area (Å²) in [6, 6.07) is 2.72. The summed E-state index contributed by atoms with van der Waals surface area (Å²) in [5.74, 6) is 0.872. The molecule has 0 amide bonds. The fraction of sp³-hybridized carbons (Fsp3) is 0.692. The van der Waals surface area contributed by atoms with Crippen LogP contribution in [0.3, 0.4) is 0 Å². The molecule has 3 heteroatoms. The molecule has 1 aromatic heterocycles. The summed E-state index contributed by atoms with van der Waals surface area (Å²) < 4.78 is 0. The molecule has 0 aromatic carbocycles. The molecule has 0 spiro atoms. The third-order valence-corrected chi connectivity index (χ3v) is 4.30. The molecule has 1 aromatic rings. The normalized spacial score (nSPS) is 21.1. The van der Waals surface area contributed by atoms with E-state index in [1.807, 2.05) is 0 Å². The first-order valence-electron chi connectivity index (χ1n) is 6.19. The molecule has 1 N–H and O–H groups in total. The van der Waals surface area contributed by atoms with Gasteiger partial charge in [0.25, 0.3) is 0 Å². The SMILES string of the molecule is CC(NCC1CCN(C)CC1)c1ccsc1. The van der Waals surface area contributed by atoms with Crippen LogP contribution < -0.4 is 5.32 Å². The zero-order valence-corrected chi connectivity index (χ0v) is 11.1. The second-order valence-corrected chi connectivity index (χ2v) is 5.71. The lowest BCUT2D eigenvalue weighted by Gasteiger charge is -2.29. The maximum Gasteiger partial charge on any atom is 0.0300 e. The van der Waals surface area contributed by atoms with Crippen molar-refractivity contribution in [3.05, 3.63) is 22.4 Å². The Labute approximate surface area is 103 Å². The minimum atomic E-state index is 0.505. The van der Waals surface area contributed by atoms with Crippen LogP contribution in [0.2, 0.25) is 0 Å². The number of rotatable bonds is 4. The molecular weight excluding hydrogens is 216 g/mol. The van der Waals surface area contributed by atoms with Crippen molar-refractivity contribution in [2.45, 2.75) is 25.8 Å². The second-order valence-electron chi connectivity index (χ2n) is 4.93. The molecule has 0 bridgehead atoms. The first-order valence-corrected chi connectivity index (χ1v) is 7.14. The predicted octanol–water partition coefficient (Wildman–Crippen LogP) is 2.74. The highest BCUT2D eigenvalue weighted by atomic mass is 32.1. The van der Waals surface area contributed by atoms with Gasteiger partial charge in [0.05, 0.1) is 0 Å². The Kier molecular flexibility index (Phi) is 4.38. The summed E-state index contributed by atoms with van der Waals surface area (Å²) >= 11 is 1.78. The Morgan fingerprint density at radius 2 is 2.25 bits per heavy atom. The van der Waals surface area contributed by atoms with E-state index in [4.69, 9.17) is 0 Å². The zero-order chi connectivity index (χ0) is 11.4. The molecule has 0 aliphatic carbocycles. The van der Waals surface area contributed by atoms with Gasteiger partial charge in [0.15, 0.2) is 0 Å². The van der Waals surface area contributed by atoms with E-state index in [2.05, 4.69) is 41.0 Å². The van der Waals surface area contributed by atoms with Gasteiger partial charge in [-0.05, 0) is 74.8 Å². The number of piperidine rings is 1. The number of nitrogens with zero attached hydrogens (tertiary/aromatic N) is 1. The summed E-state index contributed by atoms with van der Waals surface area (Å²) in [6.07, 6.45) is 2.69. The van der Waals surface area contributed by atoms with Crippen LogP contribution in [0.4, 0.5) is 0 Å². The van der Waals surface area contributed by atoms with Gasteiger partial charge in [-0.3, -0.25) is 0 Å². The molecule has 0 radical (unpaired) electrons. The topological polar surface area (TPSA) is 15.3 Å². The van der Waals surface area contributed by atoms with Gasteiger partial charge >= 0.3 is 0 Å². The van der Waals surface area contributed by atoms with Gasteiger partial charge in [-0.2, -0.15) is 11.3 Å². The van der Waals surface area contributed by atoms with Gasteiger partial charge in [0.1, 0.15) is 0 Å². The molecule has 1 unspecified atom stereocenters. The highest BCUT2D eigenvalue weighted by Gasteiger charge is 2.17. The number of hydrogen-bond donors (Lipinski definition) is 1. The third-order valence-electron chi connectivity index (χ3n) is 3.59. The Bertz CT molecular complexity index is 289. The average molecular weight is 238 g/mol. The maximum atomic E-state index is 3.66. The van der Waals surface area contributed by atoms with Gasteiger partial charge < -0.3 is 10.2 Å². The van der Waals surface area contributed by atoms with Crippen LogP contribution in [0.25, 0.3) is 0 Å². The second kappa shape index (κ2) is 5.80. The highest BCUT2D eigenvalue weighted by molar-refractivity contribution is 7.07. The standard InChI is InChI=1S/C13H22N2S/c1-11(13-5-8-16-10-13)14-9-12-3-6-15(2)7-4-12/h5,8,10-12,14H,3-4,6-7,9H2,1-2H3. The van der Waals surface area contributed by atoms with Crippen molar-refractivity contribution in [2.24, 2.45) is 5.92 Å². The van der Waals surface area contributed by atoms with E-state index in [1.54, 1.807) is 11.3 Å². The summed E-state index contributed by atoms with van der Waals surface area (Å²) in [5.41, 5.74) is 1.43. The van der Waals surface area contributed by atoms with Crippen molar-refractivity contribution in [1.82, 2.24) is 10.2 Å². The number of likely N-dealkylation sites (tertiary alicyclic amines) is 1. The predicted molar refractivity (Wildman–Crippen MR) is 71.0 cm³/mol. The first kappa shape index (κ1) is 12.1. The molecule has 2 nitrogen and oxygen atoms in total. The van der Waals surface area contributed by atoms with Crippen molar-refractivity contribution in [3.8, 4) is 0 Å². The van der Waals surface area contributed by atoms with Crippen LogP contribution >= 0.6 is 11.3 Å². The molecular formula is C13H22N2S. The molecule has 1 saturated heterocycles. The number of thiophene rings is 1. The smallest absolute Gasteiger partial charge is 0.0300 e. The third kappa shape index (κ3) is 3.30. The lowest BCUT2D eigenvalue weighted by atomic mass is 9.96. The van der Waals surface area contributed by atoms with Gasteiger partial charge in [-0.1, -0.05) is 0 Å². The van der Waals surface area contributed by atoms with Crippen LogP contribution in [0, 0.1) is 5.92 Å². The molecule has 1 aliphatic rings. The first-order chi connectivity index (χ1) is 7.75. The molecule has 2 heterocycles. The zero-order valence-electron chi connectivity index (χ0n) is 10.3. The van der Waals surface area contributed by atoms with Gasteiger partial charge in [0.2, 0.25) is 0 Å². The fourth-order valence-electron chi connectivity index (χ4n) is 2.25. The van der Waals surface area contributed by atoms with Crippen LogP contribution in [-0.4, -0.2) is 31.6 Å². The lowest BCUT2D eigenvalue weighted by molar-refractivity contribution is 0.213. The molecule has 0 saturated carbocycles. The van der Waals surface area contributed by atoms with Crippen molar-refractivity contribution < 1.29 is 0 Å². The van der Waals surface area contributed by atoms with Crippen LogP contribution in [0.15, 0.2) is 16.8 Å². The van der Waals surface area contributed by atoms with Crippen LogP contribution in [0.5, 0.6) is 0 Å². The minimum absolute atomic E-state index is 0.505. The quantitative estimate of drug-likeness (QED) is 0.867. The van der Waals surface area contributed by atoms with Gasteiger partial charge in [0, 0.05) is 6.04 Å². The summed E-state index contributed by atoms with van der Waals surface area (Å²) in [6.45, 7) is 5.96. The van der Waals surface area contributed by atoms with Crippen LogP contribution in [0.1, 0.15) is 31.4 Å². The van der Waals surface area contributed by atoms with Gasteiger partial charge in [-0.15, -0.1) is 0 Å². The molecule has 2 rings (SSSR count). The molecule has 16 heavy (non-hydrogen) atoms. The van der Waals surface area contributed by atoms with Crippen molar-refractivity contribution in [1.29, 1.82) is 0 Å². The van der Waals surface area contributed by atoms with Crippen molar-refractivity contribution >= 4 is 11.3 Å². The Morgan fingerprint density at radius 1 is 1.50 bits per heavy atom. The number of nitrogens with one attached hydrogen (secondary N) is 1. The Balaban J connectivity index is 1.71. The van der Waals surface area contributed by atoms with E-state index in [-0.39, 0.29) is 0 Å². The van der Waals surface area contributed by atoms with E-state index in [0.29, 0.717) is 6.04 Å². The van der Waals surface area contributed by atoms with Crippen molar-refractivity contribution in [2.75, 3.05) is 26.7 Å². The van der Waals surface area contributed by atoms with Gasteiger partial charge in [-0.25, -0.2) is 0 Å². The maximum absolute atomic E-state index is 3.66. The molecule has 90 valence electrons. The largest absolute Gasteiger partial charge is 0.310 e. The summed E-state index contributed by atoms with van der Waals surface area (Å²) in [5, 5.41) is 8.06. The molecule has 1 atom stereocenters. The molecule has 1 aliphatic heterocycles. The molecule has 1 fully saturated rings. The Hall–Kier alpha value is -0.380. The van der Waals surface area contributed by atoms with E-state index >= 15 is 0 Å². The minimum Gasteiger partial charge on any atom is -0.310 e. The monoisotopic (exact) mass is 238 g/mol. The Morgan fingerprint density at radius 3 is 2.88 bits per heavy atom. The highest BCUT2D eigenvalue weighted by Crippen LogP contribution is 2.19. The average Bonchev–Trinajstić information content (AvgIpc) is 2.81. The van der Waals surface area contributed by atoms with E-state index in [0.717, 1.165) is 5.92 Å². The fourth-order valence-corrected chi connectivity index (χ4v) is 3.00. The van der Waals surface area contributed by atoms with Crippen molar-refractivity contribution in [3.63, 3.8) is 0 Å². The van der Waals surface area contributed by atoms with E-state index in [9.17, 15) is 0 Å². The summed E-state index contributed by atoms with van der Waals surface area (Å²) in [4.78, 5) is 2.43. The van der Waals surface area contributed by atoms with Crippen LogP contribution in [-0.2, 0) is 0 Å². The lowest BCUT2D eigenvalue weighted by Crippen LogP contribution is -2.35. The van der Waals surface area contributed by atoms with E-state index < -0.39 is 0 Å². The number of hydrogen-bond acceptors (Lipinski definition) is 3. The van der Waals surface area contributed by atoms with E-state index in [1.165, 1.54) is 38.0 Å². The summed E-state index contributed by atoms with van der Waals surface area (Å²) in [7, 11) is 2.22.